The average molecular weight is 413 g/mol. The van der Waals surface area contributed by atoms with Crippen LogP contribution in [0.3, 0.4) is 0 Å². The minimum absolute atomic E-state index is 0.0633. The Hall–Kier alpha value is -4.48. The lowest BCUT2D eigenvalue weighted by atomic mass is 10.2. The van der Waals surface area contributed by atoms with Crippen molar-refractivity contribution in [3.63, 3.8) is 0 Å². The first-order valence-electron chi connectivity index (χ1n) is 8.37. The third-order valence-electron chi connectivity index (χ3n) is 3.94. The van der Waals surface area contributed by atoms with E-state index in [1.54, 1.807) is 18.2 Å². The summed E-state index contributed by atoms with van der Waals surface area (Å²) in [6, 6.07) is 8.81. The molecule has 0 saturated heterocycles. The molecule has 1 heterocycles. The van der Waals surface area contributed by atoms with Gasteiger partial charge >= 0.3 is 11.4 Å². The molecule has 0 unspecified atom stereocenters. The number of carbonyl (C=O) groups excluding carboxylic acids is 1. The number of fused-ring (bicyclic) bond motifs is 1. The van der Waals surface area contributed by atoms with Crippen LogP contribution in [-0.4, -0.2) is 40.4 Å². The summed E-state index contributed by atoms with van der Waals surface area (Å²) in [4.78, 5) is 48.8. The van der Waals surface area contributed by atoms with Gasteiger partial charge in [-0.1, -0.05) is 12.1 Å². The summed E-state index contributed by atoms with van der Waals surface area (Å²) in [6.45, 7) is -0.591. The Bertz CT molecular complexity index is 1290. The van der Waals surface area contributed by atoms with Gasteiger partial charge < -0.3 is 20.2 Å². The predicted octanol–water partition coefficient (Wildman–Crippen LogP) is 0.353. The van der Waals surface area contributed by atoms with Gasteiger partial charge in [-0.05, 0) is 18.2 Å². The van der Waals surface area contributed by atoms with Gasteiger partial charge in [0.05, 0.1) is 29.2 Å². The maximum atomic E-state index is 12.5. The van der Waals surface area contributed by atoms with E-state index in [0.717, 1.165) is 12.3 Å². The fourth-order valence-electron chi connectivity index (χ4n) is 2.64. The number of nitro groups is 1. The molecule has 2 aromatic carbocycles. The number of nitrogens with zero attached hydrogens (tertiary/aromatic N) is 3. The zero-order chi connectivity index (χ0) is 21.8. The average Bonchev–Trinajstić information content (AvgIpc) is 2.71. The molecule has 0 aliphatic carbocycles. The number of para-hydroxylation sites is 1. The topological polar surface area (TPSA) is 172 Å². The molecule has 3 N–H and O–H groups in total. The molecule has 0 atom stereocenters. The second-order valence-corrected chi connectivity index (χ2v) is 5.92. The van der Waals surface area contributed by atoms with Gasteiger partial charge in [-0.3, -0.25) is 19.7 Å². The van der Waals surface area contributed by atoms with E-state index in [1.165, 1.54) is 19.2 Å². The standard InChI is InChI=1S/C18H15N5O7/c1-29-14-7-10(6-13(23(27)28)16(14)30-9-15(19)24)8-20-22-17(25)11-4-2-3-5-12(11)21-18(22)26/h2-8H,9H2,1H3,(H2,19,24)(H,21,26). The summed E-state index contributed by atoms with van der Waals surface area (Å²) in [7, 11) is 1.25. The maximum Gasteiger partial charge on any atom is 0.349 e. The Kier molecular flexibility index (Phi) is 5.58. The zero-order valence-electron chi connectivity index (χ0n) is 15.5. The number of H-pyrrole nitrogens is 1. The lowest BCUT2D eigenvalue weighted by Gasteiger charge is -2.10. The van der Waals surface area contributed by atoms with Crippen molar-refractivity contribution in [2.24, 2.45) is 10.8 Å². The Morgan fingerprint density at radius 3 is 2.73 bits per heavy atom. The lowest BCUT2D eigenvalue weighted by Crippen LogP contribution is -2.32. The predicted molar refractivity (Wildman–Crippen MR) is 106 cm³/mol. The number of amides is 1. The van der Waals surface area contributed by atoms with Gasteiger partial charge in [0.15, 0.2) is 12.4 Å². The van der Waals surface area contributed by atoms with Crippen LogP contribution in [0.15, 0.2) is 51.1 Å². The molecule has 0 aliphatic rings. The van der Waals surface area contributed by atoms with Gasteiger partial charge in [0, 0.05) is 11.6 Å². The van der Waals surface area contributed by atoms with Crippen LogP contribution in [0, 0.1) is 10.1 Å². The molecule has 30 heavy (non-hydrogen) atoms. The number of carbonyl (C=O) groups is 1. The van der Waals surface area contributed by atoms with Gasteiger partial charge in [0.2, 0.25) is 5.75 Å². The Labute approximate surface area is 167 Å². The van der Waals surface area contributed by atoms with Crippen LogP contribution in [0.25, 0.3) is 10.9 Å². The van der Waals surface area contributed by atoms with Crippen molar-refractivity contribution in [2.45, 2.75) is 0 Å². The van der Waals surface area contributed by atoms with Gasteiger partial charge in [-0.2, -0.15) is 5.10 Å². The summed E-state index contributed by atoms with van der Waals surface area (Å²) in [5.41, 5.74) is 3.55. The van der Waals surface area contributed by atoms with Gasteiger partial charge in [-0.25, -0.2) is 4.79 Å². The van der Waals surface area contributed by atoms with Crippen molar-refractivity contribution in [1.29, 1.82) is 0 Å². The SMILES string of the molecule is COc1cc(C=Nn2c(=O)[nH]c3ccccc3c2=O)cc([N+](=O)[O-])c1OCC(N)=O. The van der Waals surface area contributed by atoms with E-state index in [0.29, 0.717) is 10.2 Å². The molecule has 0 saturated carbocycles. The van der Waals surface area contributed by atoms with Crippen molar-refractivity contribution >= 4 is 28.7 Å². The van der Waals surface area contributed by atoms with Gasteiger partial charge in [-0.15, -0.1) is 4.68 Å². The number of hydrogen-bond acceptors (Lipinski definition) is 8. The number of benzene rings is 2. The first kappa shape index (κ1) is 20.3. The highest BCUT2D eigenvalue weighted by Crippen LogP contribution is 2.37. The summed E-state index contributed by atoms with van der Waals surface area (Å²) in [6.07, 6.45) is 1.08. The molecule has 3 aromatic rings. The maximum absolute atomic E-state index is 12.5. The Morgan fingerprint density at radius 1 is 1.33 bits per heavy atom. The molecule has 0 spiro atoms. The molecular formula is C18H15N5O7. The number of ether oxygens (including phenoxy) is 2. The summed E-state index contributed by atoms with van der Waals surface area (Å²) in [5, 5.41) is 15.5. The molecule has 1 aromatic heterocycles. The Morgan fingerprint density at radius 2 is 2.07 bits per heavy atom. The monoisotopic (exact) mass is 413 g/mol. The first-order chi connectivity index (χ1) is 14.3. The molecule has 3 rings (SSSR count). The van der Waals surface area contributed by atoms with Gasteiger partial charge in [0.25, 0.3) is 11.5 Å². The second kappa shape index (κ2) is 8.26. The fourth-order valence-corrected chi connectivity index (χ4v) is 2.64. The van der Waals surface area contributed by atoms with Gasteiger partial charge in [0.1, 0.15) is 0 Å². The summed E-state index contributed by atoms with van der Waals surface area (Å²) >= 11 is 0. The smallest absolute Gasteiger partial charge is 0.349 e. The van der Waals surface area contributed by atoms with Crippen molar-refractivity contribution in [1.82, 2.24) is 9.66 Å². The molecule has 0 bridgehead atoms. The van der Waals surface area contributed by atoms with Crippen LogP contribution in [0.2, 0.25) is 0 Å². The Balaban J connectivity index is 2.08. The number of aromatic amines is 1. The molecule has 1 amide bonds. The largest absolute Gasteiger partial charge is 0.493 e. The molecule has 12 nitrogen and oxygen atoms in total. The van der Waals surface area contributed by atoms with Crippen LogP contribution in [-0.2, 0) is 4.79 Å². The van der Waals surface area contributed by atoms with E-state index < -0.39 is 34.4 Å². The lowest BCUT2D eigenvalue weighted by molar-refractivity contribution is -0.385. The van der Waals surface area contributed by atoms with Crippen molar-refractivity contribution in [3.8, 4) is 11.5 Å². The van der Waals surface area contributed by atoms with Crippen molar-refractivity contribution in [2.75, 3.05) is 13.7 Å². The highest BCUT2D eigenvalue weighted by Gasteiger charge is 2.22. The first-order valence-corrected chi connectivity index (χ1v) is 8.37. The van der Waals surface area contributed by atoms with E-state index in [9.17, 15) is 24.5 Å². The number of rotatable bonds is 7. The van der Waals surface area contributed by atoms with Crippen LogP contribution in [0.5, 0.6) is 11.5 Å². The zero-order valence-corrected chi connectivity index (χ0v) is 15.5. The van der Waals surface area contributed by atoms with E-state index in [4.69, 9.17) is 15.2 Å². The molecular weight excluding hydrogens is 398 g/mol. The second-order valence-electron chi connectivity index (χ2n) is 5.92. The number of aromatic nitrogens is 2. The third-order valence-corrected chi connectivity index (χ3v) is 3.94. The molecule has 154 valence electrons. The van der Waals surface area contributed by atoms with Crippen LogP contribution in [0.1, 0.15) is 5.56 Å². The fraction of sp³-hybridized carbons (Fsp3) is 0.111. The van der Waals surface area contributed by atoms with E-state index in [-0.39, 0.29) is 22.4 Å². The minimum atomic E-state index is -0.827. The van der Waals surface area contributed by atoms with Crippen LogP contribution < -0.4 is 26.5 Å². The van der Waals surface area contributed by atoms with Crippen molar-refractivity contribution < 1.29 is 19.2 Å². The van der Waals surface area contributed by atoms with E-state index in [1.807, 2.05) is 0 Å². The number of nitrogens with two attached hydrogens (primary N) is 1. The number of methoxy groups -OCH3 is 1. The number of nitrogens with one attached hydrogen (secondary N) is 1. The highest BCUT2D eigenvalue weighted by molar-refractivity contribution is 5.84. The highest BCUT2D eigenvalue weighted by atomic mass is 16.6. The van der Waals surface area contributed by atoms with Crippen LogP contribution >= 0.6 is 0 Å². The van der Waals surface area contributed by atoms with E-state index >= 15 is 0 Å². The number of nitro benzene ring substituents is 1. The van der Waals surface area contributed by atoms with Crippen molar-refractivity contribution in [3.05, 3.63) is 72.9 Å². The molecule has 12 heteroatoms. The molecule has 0 fully saturated rings. The minimum Gasteiger partial charge on any atom is -0.493 e. The normalized spacial score (nSPS) is 11.0. The summed E-state index contributed by atoms with van der Waals surface area (Å²) < 4.78 is 10.8. The van der Waals surface area contributed by atoms with E-state index in [2.05, 4.69) is 10.1 Å². The quantitative estimate of drug-likeness (QED) is 0.319. The molecule has 0 aliphatic heterocycles. The third kappa shape index (κ3) is 4.01. The molecule has 0 radical (unpaired) electrons. The summed E-state index contributed by atoms with van der Waals surface area (Å²) in [5.74, 6) is -1.18. The van der Waals surface area contributed by atoms with Crippen LogP contribution in [0.4, 0.5) is 5.69 Å². The number of primary amides is 1. The number of hydrogen-bond donors (Lipinski definition) is 2.